The maximum atomic E-state index is 13.1. The Morgan fingerprint density at radius 1 is 1.25 bits per heavy atom. The number of hydrogen-bond donors (Lipinski definition) is 2. The molecule has 4 rings (SSSR count). The average molecular weight is 475 g/mol. The fourth-order valence-corrected chi connectivity index (χ4v) is 4.88. The first-order chi connectivity index (χ1) is 15.3. The Morgan fingerprint density at radius 3 is 2.69 bits per heavy atom. The number of halogens is 1. The zero-order valence-corrected chi connectivity index (χ0v) is 19.2. The van der Waals surface area contributed by atoms with Crippen LogP contribution in [0.5, 0.6) is 5.75 Å². The molecule has 2 N–H and O–H groups in total. The number of rotatable bonds is 8. The number of aromatic nitrogens is 2. The molecule has 1 fully saturated rings. The maximum absolute atomic E-state index is 13.1. The highest BCUT2D eigenvalue weighted by atomic mass is 35.5. The highest BCUT2D eigenvalue weighted by molar-refractivity contribution is 7.89. The minimum absolute atomic E-state index is 0.0235. The maximum Gasteiger partial charge on any atom is 0.259 e. The second-order valence-corrected chi connectivity index (χ2v) is 9.61. The van der Waals surface area contributed by atoms with Gasteiger partial charge in [-0.1, -0.05) is 24.6 Å². The van der Waals surface area contributed by atoms with Crippen LogP contribution in [0.4, 0.5) is 5.69 Å². The number of ether oxygens (including phenoxy) is 1. The molecule has 1 amide bonds. The number of sulfonamides is 1. The van der Waals surface area contributed by atoms with Crippen LogP contribution < -0.4 is 14.8 Å². The van der Waals surface area contributed by atoms with Crippen molar-refractivity contribution in [2.45, 2.75) is 37.1 Å². The van der Waals surface area contributed by atoms with E-state index in [1.54, 1.807) is 16.8 Å². The van der Waals surface area contributed by atoms with Crippen LogP contribution in [0.15, 0.2) is 53.6 Å². The van der Waals surface area contributed by atoms with Gasteiger partial charge in [0.15, 0.2) is 0 Å². The first kappa shape index (κ1) is 22.3. The molecule has 1 heterocycles. The zero-order chi connectivity index (χ0) is 22.9. The van der Waals surface area contributed by atoms with Crippen molar-refractivity contribution in [3.05, 3.63) is 64.9 Å². The molecule has 2 aromatic carbocycles. The third kappa shape index (κ3) is 4.64. The summed E-state index contributed by atoms with van der Waals surface area (Å²) in [6.07, 6.45) is 3.69. The molecule has 1 aromatic heterocycles. The molecule has 0 aliphatic heterocycles. The number of nitrogens with zero attached hydrogens (tertiary/aromatic N) is 2. The van der Waals surface area contributed by atoms with E-state index in [4.69, 9.17) is 16.3 Å². The number of benzene rings is 2. The van der Waals surface area contributed by atoms with Crippen LogP contribution in [0.3, 0.4) is 0 Å². The first-order valence-electron chi connectivity index (χ1n) is 10.2. The van der Waals surface area contributed by atoms with Gasteiger partial charge in [0, 0.05) is 11.1 Å². The van der Waals surface area contributed by atoms with Gasteiger partial charge in [-0.15, -0.1) is 0 Å². The lowest BCUT2D eigenvalue weighted by molar-refractivity contribution is 0.102. The molecule has 0 atom stereocenters. The van der Waals surface area contributed by atoms with E-state index in [0.717, 1.165) is 18.5 Å². The number of hydrogen-bond acceptors (Lipinski definition) is 5. The standard InChI is InChI=1S/C22H23ClN4O4S/c1-3-20-18(13-24-27(20)16-6-4-5-14(23)11-16)22(28)25-19-12-17(9-10-21(19)31-2)32(29,30)26-15-7-8-15/h4-6,9-13,15,26H,3,7-8H2,1-2H3,(H,25,28). The summed E-state index contributed by atoms with van der Waals surface area (Å²) < 4.78 is 34.8. The van der Waals surface area contributed by atoms with E-state index >= 15 is 0 Å². The fourth-order valence-electron chi connectivity index (χ4n) is 3.36. The van der Waals surface area contributed by atoms with Crippen molar-refractivity contribution in [3.63, 3.8) is 0 Å². The van der Waals surface area contributed by atoms with Gasteiger partial charge in [-0.05, 0) is 55.7 Å². The number of methoxy groups -OCH3 is 1. The van der Waals surface area contributed by atoms with E-state index in [-0.39, 0.29) is 16.6 Å². The van der Waals surface area contributed by atoms with Crippen molar-refractivity contribution in [2.24, 2.45) is 0 Å². The zero-order valence-electron chi connectivity index (χ0n) is 17.6. The Bertz CT molecular complexity index is 1270. The number of nitrogens with one attached hydrogen (secondary N) is 2. The number of carbonyl (C=O) groups excluding carboxylic acids is 1. The van der Waals surface area contributed by atoms with Crippen molar-refractivity contribution in [3.8, 4) is 11.4 Å². The molecule has 0 unspecified atom stereocenters. The van der Waals surface area contributed by atoms with Crippen molar-refractivity contribution >= 4 is 33.2 Å². The van der Waals surface area contributed by atoms with Gasteiger partial charge in [-0.25, -0.2) is 17.8 Å². The van der Waals surface area contributed by atoms with Crippen LogP contribution in [0.2, 0.25) is 5.02 Å². The Labute approximate surface area is 191 Å². The largest absolute Gasteiger partial charge is 0.495 e. The molecular formula is C22H23ClN4O4S. The first-order valence-corrected chi connectivity index (χ1v) is 12.0. The minimum atomic E-state index is -3.68. The monoisotopic (exact) mass is 474 g/mol. The van der Waals surface area contributed by atoms with Crippen LogP contribution in [0, 0.1) is 0 Å². The predicted octanol–water partition coefficient (Wildman–Crippen LogP) is 3.79. The van der Waals surface area contributed by atoms with Gasteiger partial charge < -0.3 is 10.1 Å². The van der Waals surface area contributed by atoms with Gasteiger partial charge in [-0.2, -0.15) is 5.10 Å². The number of amides is 1. The fraction of sp³-hybridized carbons (Fsp3) is 0.273. The topological polar surface area (TPSA) is 102 Å². The molecule has 1 saturated carbocycles. The van der Waals surface area contributed by atoms with Gasteiger partial charge in [0.1, 0.15) is 5.75 Å². The summed E-state index contributed by atoms with van der Waals surface area (Å²) >= 11 is 6.10. The predicted molar refractivity (Wildman–Crippen MR) is 122 cm³/mol. The lowest BCUT2D eigenvalue weighted by Gasteiger charge is -2.13. The molecule has 1 aliphatic rings. The van der Waals surface area contributed by atoms with Crippen LogP contribution in [0.25, 0.3) is 5.69 Å². The molecule has 3 aromatic rings. The normalized spacial score (nSPS) is 13.7. The Morgan fingerprint density at radius 2 is 2.03 bits per heavy atom. The second-order valence-electron chi connectivity index (χ2n) is 7.46. The summed E-state index contributed by atoms with van der Waals surface area (Å²) in [7, 11) is -2.22. The van der Waals surface area contributed by atoms with E-state index < -0.39 is 15.9 Å². The van der Waals surface area contributed by atoms with E-state index in [1.807, 2.05) is 19.1 Å². The molecule has 8 nitrogen and oxygen atoms in total. The highest BCUT2D eigenvalue weighted by Crippen LogP contribution is 2.30. The summed E-state index contributed by atoms with van der Waals surface area (Å²) in [4.78, 5) is 13.2. The quantitative estimate of drug-likeness (QED) is 0.517. The Hall–Kier alpha value is -2.88. The Kier molecular flexibility index (Phi) is 6.23. The number of anilines is 1. The molecule has 0 spiro atoms. The molecule has 1 aliphatic carbocycles. The second kappa shape index (κ2) is 8.93. The molecule has 0 radical (unpaired) electrons. The third-order valence-electron chi connectivity index (χ3n) is 5.13. The van der Waals surface area contributed by atoms with E-state index in [0.29, 0.717) is 28.5 Å². The van der Waals surface area contributed by atoms with Crippen LogP contribution in [0.1, 0.15) is 35.8 Å². The number of carbonyl (C=O) groups is 1. The minimum Gasteiger partial charge on any atom is -0.495 e. The molecule has 0 bridgehead atoms. The lowest BCUT2D eigenvalue weighted by Crippen LogP contribution is -2.26. The van der Waals surface area contributed by atoms with E-state index in [9.17, 15) is 13.2 Å². The average Bonchev–Trinajstić information content (AvgIpc) is 3.46. The van der Waals surface area contributed by atoms with Gasteiger partial charge >= 0.3 is 0 Å². The Balaban J connectivity index is 1.64. The summed E-state index contributed by atoms with van der Waals surface area (Å²) in [6.45, 7) is 1.92. The molecule has 10 heteroatoms. The van der Waals surface area contributed by atoms with Crippen molar-refractivity contribution in [1.29, 1.82) is 0 Å². The van der Waals surface area contributed by atoms with Gasteiger partial charge in [-0.3, -0.25) is 4.79 Å². The highest BCUT2D eigenvalue weighted by Gasteiger charge is 2.28. The van der Waals surface area contributed by atoms with Crippen LogP contribution in [-0.2, 0) is 16.4 Å². The molecule has 32 heavy (non-hydrogen) atoms. The summed E-state index contributed by atoms with van der Waals surface area (Å²) in [6, 6.07) is 11.5. The smallest absolute Gasteiger partial charge is 0.259 e. The van der Waals surface area contributed by atoms with Crippen LogP contribution in [-0.4, -0.2) is 37.3 Å². The summed E-state index contributed by atoms with van der Waals surface area (Å²) in [5, 5.41) is 7.70. The van der Waals surface area contributed by atoms with Gasteiger partial charge in [0.05, 0.1) is 40.8 Å². The third-order valence-corrected chi connectivity index (χ3v) is 6.88. The van der Waals surface area contributed by atoms with Gasteiger partial charge in [0.25, 0.3) is 5.91 Å². The summed E-state index contributed by atoms with van der Waals surface area (Å²) in [5.74, 6) is -0.0675. The molecular weight excluding hydrogens is 452 g/mol. The van der Waals surface area contributed by atoms with E-state index in [1.165, 1.54) is 31.5 Å². The molecule has 0 saturated heterocycles. The van der Waals surface area contributed by atoms with Crippen molar-refractivity contribution < 1.29 is 17.9 Å². The van der Waals surface area contributed by atoms with Crippen molar-refractivity contribution in [1.82, 2.24) is 14.5 Å². The SMILES string of the molecule is CCc1c(C(=O)Nc2cc(S(=O)(=O)NC3CC3)ccc2OC)cnn1-c1cccc(Cl)c1. The van der Waals surface area contributed by atoms with Crippen LogP contribution >= 0.6 is 11.6 Å². The van der Waals surface area contributed by atoms with Gasteiger partial charge in [0.2, 0.25) is 10.0 Å². The van der Waals surface area contributed by atoms with E-state index in [2.05, 4.69) is 15.1 Å². The lowest BCUT2D eigenvalue weighted by atomic mass is 10.1. The molecule has 168 valence electrons. The summed E-state index contributed by atoms with van der Waals surface area (Å²) in [5.41, 5.74) is 2.07. The van der Waals surface area contributed by atoms with Crippen molar-refractivity contribution in [2.75, 3.05) is 12.4 Å².